The van der Waals surface area contributed by atoms with Crippen LogP contribution in [0.25, 0.3) is 11.1 Å². The third-order valence-electron chi connectivity index (χ3n) is 6.42. The summed E-state index contributed by atoms with van der Waals surface area (Å²) in [6.07, 6.45) is 2.22. The van der Waals surface area contributed by atoms with Gasteiger partial charge in [-0.2, -0.15) is 0 Å². The minimum Gasteiger partial charge on any atom is -0.462 e. The zero-order valence-electron chi connectivity index (χ0n) is 19.3. The van der Waals surface area contributed by atoms with Gasteiger partial charge in [-0.15, -0.1) is 0 Å². The number of carbonyl (C=O) groups excluding carboxylic acids is 1. The molecule has 0 N–H and O–H groups in total. The largest absolute Gasteiger partial charge is 0.462 e. The summed E-state index contributed by atoms with van der Waals surface area (Å²) >= 11 is 6.08. The standard InChI is InChI=1S/C28H31ClN2O2/c1-3-33-28(32)22-10-14-26(15-11-22)31-18-16-25(17-19-31)30(2)20-23-6-4-5-7-27(23)21-8-12-24(29)13-9-21/h4-15,25H,3,16-20H2,1-2H3. The Morgan fingerprint density at radius 1 is 1.00 bits per heavy atom. The van der Waals surface area contributed by atoms with Gasteiger partial charge in [-0.25, -0.2) is 4.79 Å². The molecule has 5 heteroatoms. The molecule has 0 unspecified atom stereocenters. The fourth-order valence-electron chi connectivity index (χ4n) is 4.55. The number of ether oxygens (including phenoxy) is 1. The fraction of sp³-hybridized carbons (Fsp3) is 0.321. The molecule has 172 valence electrons. The van der Waals surface area contributed by atoms with Crippen LogP contribution < -0.4 is 4.90 Å². The maximum Gasteiger partial charge on any atom is 0.338 e. The van der Waals surface area contributed by atoms with Crippen LogP contribution in [0, 0.1) is 0 Å². The summed E-state index contributed by atoms with van der Waals surface area (Å²) in [7, 11) is 2.23. The second kappa shape index (κ2) is 10.9. The summed E-state index contributed by atoms with van der Waals surface area (Å²) in [5.74, 6) is -0.261. The zero-order chi connectivity index (χ0) is 23.2. The van der Waals surface area contributed by atoms with Crippen LogP contribution in [0.1, 0.15) is 35.7 Å². The van der Waals surface area contributed by atoms with E-state index in [4.69, 9.17) is 16.3 Å². The van der Waals surface area contributed by atoms with Crippen molar-refractivity contribution in [3.8, 4) is 11.1 Å². The Labute approximate surface area is 201 Å². The quantitative estimate of drug-likeness (QED) is 0.386. The molecule has 3 aromatic carbocycles. The molecule has 1 heterocycles. The monoisotopic (exact) mass is 462 g/mol. The van der Waals surface area contributed by atoms with Crippen molar-refractivity contribution in [3.63, 3.8) is 0 Å². The molecule has 1 aliphatic heterocycles. The van der Waals surface area contributed by atoms with Crippen molar-refractivity contribution in [3.05, 3.63) is 88.9 Å². The van der Waals surface area contributed by atoms with E-state index in [0.717, 1.165) is 43.2 Å². The van der Waals surface area contributed by atoms with Gasteiger partial charge in [0.25, 0.3) is 0 Å². The summed E-state index contributed by atoms with van der Waals surface area (Å²) in [5, 5.41) is 0.760. The lowest BCUT2D eigenvalue weighted by Gasteiger charge is -2.38. The van der Waals surface area contributed by atoms with Gasteiger partial charge >= 0.3 is 5.97 Å². The molecule has 3 aromatic rings. The van der Waals surface area contributed by atoms with Gasteiger partial charge in [0.05, 0.1) is 12.2 Å². The lowest BCUT2D eigenvalue weighted by molar-refractivity contribution is 0.0526. The van der Waals surface area contributed by atoms with E-state index in [1.165, 1.54) is 16.7 Å². The van der Waals surface area contributed by atoms with Gasteiger partial charge in [-0.3, -0.25) is 4.90 Å². The molecule has 0 atom stereocenters. The topological polar surface area (TPSA) is 32.8 Å². The minimum atomic E-state index is -0.261. The highest BCUT2D eigenvalue weighted by Crippen LogP contribution is 2.28. The smallest absolute Gasteiger partial charge is 0.338 e. The Hall–Kier alpha value is -2.82. The number of rotatable bonds is 7. The Balaban J connectivity index is 1.36. The number of carbonyl (C=O) groups is 1. The summed E-state index contributed by atoms with van der Waals surface area (Å²) in [6.45, 7) is 5.15. The average molecular weight is 463 g/mol. The van der Waals surface area contributed by atoms with Gasteiger partial charge in [-0.05, 0) is 79.9 Å². The Morgan fingerprint density at radius 3 is 2.33 bits per heavy atom. The van der Waals surface area contributed by atoms with Gasteiger partial charge in [0, 0.05) is 36.4 Å². The summed E-state index contributed by atoms with van der Waals surface area (Å²) in [5.41, 5.74) is 5.57. The number of hydrogen-bond donors (Lipinski definition) is 0. The van der Waals surface area contributed by atoms with Gasteiger partial charge < -0.3 is 9.64 Å². The summed E-state index contributed by atoms with van der Waals surface area (Å²) < 4.78 is 5.08. The number of piperidine rings is 1. The number of nitrogens with zero attached hydrogens (tertiary/aromatic N) is 2. The molecule has 0 spiro atoms. The highest BCUT2D eigenvalue weighted by atomic mass is 35.5. The molecule has 1 fully saturated rings. The molecule has 0 aliphatic carbocycles. The van der Waals surface area contributed by atoms with Crippen molar-refractivity contribution >= 4 is 23.3 Å². The van der Waals surface area contributed by atoms with Crippen LogP contribution in [0.15, 0.2) is 72.8 Å². The lowest BCUT2D eigenvalue weighted by atomic mass is 9.97. The number of esters is 1. The van der Waals surface area contributed by atoms with E-state index in [9.17, 15) is 4.79 Å². The highest BCUT2D eigenvalue weighted by molar-refractivity contribution is 6.30. The molecule has 1 saturated heterocycles. The Bertz CT molecular complexity index is 1060. The molecule has 4 rings (SSSR count). The Kier molecular flexibility index (Phi) is 7.69. The molecular weight excluding hydrogens is 432 g/mol. The number of benzene rings is 3. The van der Waals surface area contributed by atoms with Crippen molar-refractivity contribution in [1.29, 1.82) is 0 Å². The van der Waals surface area contributed by atoms with Gasteiger partial charge in [-0.1, -0.05) is 48.0 Å². The van der Waals surface area contributed by atoms with Crippen LogP contribution in [0.3, 0.4) is 0 Å². The molecule has 0 amide bonds. The molecule has 0 aromatic heterocycles. The zero-order valence-corrected chi connectivity index (χ0v) is 20.1. The van der Waals surface area contributed by atoms with Crippen molar-refractivity contribution in [2.24, 2.45) is 0 Å². The first-order valence-electron chi connectivity index (χ1n) is 11.6. The first kappa shape index (κ1) is 23.3. The fourth-order valence-corrected chi connectivity index (χ4v) is 4.68. The minimum absolute atomic E-state index is 0.261. The third kappa shape index (κ3) is 5.76. The van der Waals surface area contributed by atoms with Crippen molar-refractivity contribution in [1.82, 2.24) is 4.90 Å². The normalized spacial score (nSPS) is 14.5. The van der Waals surface area contributed by atoms with Crippen LogP contribution in [-0.4, -0.2) is 43.7 Å². The summed E-state index contributed by atoms with van der Waals surface area (Å²) in [4.78, 5) is 16.8. The Morgan fingerprint density at radius 2 is 1.67 bits per heavy atom. The molecular formula is C28H31ClN2O2. The average Bonchev–Trinajstić information content (AvgIpc) is 2.85. The van der Waals surface area contributed by atoms with Crippen LogP contribution in [-0.2, 0) is 11.3 Å². The van der Waals surface area contributed by atoms with E-state index in [1.54, 1.807) is 0 Å². The maximum atomic E-state index is 11.9. The van der Waals surface area contributed by atoms with Crippen molar-refractivity contribution in [2.45, 2.75) is 32.4 Å². The van der Waals surface area contributed by atoms with E-state index < -0.39 is 0 Å². The molecule has 0 saturated carbocycles. The van der Waals surface area contributed by atoms with Crippen LogP contribution >= 0.6 is 11.6 Å². The predicted molar refractivity (Wildman–Crippen MR) is 136 cm³/mol. The van der Waals surface area contributed by atoms with Crippen molar-refractivity contribution in [2.75, 3.05) is 31.6 Å². The maximum absolute atomic E-state index is 11.9. The van der Waals surface area contributed by atoms with Gasteiger partial charge in [0.2, 0.25) is 0 Å². The number of halogens is 1. The second-order valence-electron chi connectivity index (χ2n) is 8.56. The van der Waals surface area contributed by atoms with Crippen LogP contribution in [0.2, 0.25) is 5.02 Å². The molecule has 33 heavy (non-hydrogen) atoms. The van der Waals surface area contributed by atoms with Crippen LogP contribution in [0.4, 0.5) is 5.69 Å². The second-order valence-corrected chi connectivity index (χ2v) is 9.00. The van der Waals surface area contributed by atoms with Crippen molar-refractivity contribution < 1.29 is 9.53 Å². The number of hydrogen-bond acceptors (Lipinski definition) is 4. The highest BCUT2D eigenvalue weighted by Gasteiger charge is 2.23. The first-order chi connectivity index (χ1) is 16.0. The predicted octanol–water partition coefficient (Wildman–Crippen LogP) is 6.28. The molecule has 0 radical (unpaired) electrons. The number of anilines is 1. The van der Waals surface area contributed by atoms with E-state index in [-0.39, 0.29) is 5.97 Å². The van der Waals surface area contributed by atoms with Gasteiger partial charge in [0.1, 0.15) is 0 Å². The van der Waals surface area contributed by atoms with E-state index in [2.05, 4.69) is 53.2 Å². The molecule has 0 bridgehead atoms. The lowest BCUT2D eigenvalue weighted by Crippen LogP contribution is -2.43. The summed E-state index contributed by atoms with van der Waals surface area (Å²) in [6, 6.07) is 25.0. The molecule has 4 nitrogen and oxygen atoms in total. The van der Waals surface area contributed by atoms with Crippen LogP contribution in [0.5, 0.6) is 0 Å². The molecule has 1 aliphatic rings. The van der Waals surface area contributed by atoms with E-state index in [0.29, 0.717) is 18.2 Å². The SMILES string of the molecule is CCOC(=O)c1ccc(N2CCC(N(C)Cc3ccccc3-c3ccc(Cl)cc3)CC2)cc1. The van der Waals surface area contributed by atoms with E-state index >= 15 is 0 Å². The van der Waals surface area contributed by atoms with Gasteiger partial charge in [0.15, 0.2) is 0 Å². The first-order valence-corrected chi connectivity index (χ1v) is 12.0. The third-order valence-corrected chi connectivity index (χ3v) is 6.68. The van der Waals surface area contributed by atoms with E-state index in [1.807, 2.05) is 43.3 Å².